The number of anilines is 1. The number of nitrogens with one attached hydrogen (secondary N) is 1. The number of likely N-dealkylation sites (tertiary alicyclic amines) is 1. The Hall–Kier alpha value is -3.62. The third-order valence-electron chi connectivity index (χ3n) is 4.53. The highest BCUT2D eigenvalue weighted by Crippen LogP contribution is 2.31. The van der Waals surface area contributed by atoms with Crippen LogP contribution in [0.3, 0.4) is 0 Å². The monoisotopic (exact) mass is 381 g/mol. The van der Waals surface area contributed by atoms with Gasteiger partial charge in [0.15, 0.2) is 11.5 Å². The molecule has 1 aliphatic rings. The number of pyridine rings is 1. The van der Waals surface area contributed by atoms with Crippen molar-refractivity contribution in [3.63, 3.8) is 0 Å². The fourth-order valence-electron chi connectivity index (χ4n) is 2.94. The van der Waals surface area contributed by atoms with Crippen LogP contribution in [0, 0.1) is 0 Å². The van der Waals surface area contributed by atoms with Gasteiger partial charge in [0.2, 0.25) is 11.7 Å². The molecule has 3 heterocycles. The highest BCUT2D eigenvalue weighted by Gasteiger charge is 2.35. The van der Waals surface area contributed by atoms with E-state index in [1.165, 1.54) is 0 Å². The Labute approximate surface area is 161 Å². The molecule has 0 aliphatic carbocycles. The molecule has 0 unspecified atom stereocenters. The van der Waals surface area contributed by atoms with Crippen LogP contribution in [-0.4, -0.2) is 53.4 Å². The molecule has 1 N–H and O–H groups in total. The summed E-state index contributed by atoms with van der Waals surface area (Å²) in [6, 6.07) is 8.66. The number of urea groups is 1. The van der Waals surface area contributed by atoms with E-state index in [0.717, 1.165) is 5.56 Å². The molecule has 1 aliphatic heterocycles. The summed E-state index contributed by atoms with van der Waals surface area (Å²) in [6.07, 6.45) is 3.35. The molecule has 9 heteroatoms. The summed E-state index contributed by atoms with van der Waals surface area (Å²) in [5, 5.41) is 6.85. The van der Waals surface area contributed by atoms with Gasteiger partial charge < -0.3 is 24.2 Å². The van der Waals surface area contributed by atoms with Crippen molar-refractivity contribution in [3.8, 4) is 22.9 Å². The highest BCUT2D eigenvalue weighted by molar-refractivity contribution is 5.90. The van der Waals surface area contributed by atoms with E-state index < -0.39 is 0 Å². The number of ether oxygens (including phenoxy) is 2. The number of carbonyl (C=O) groups excluding carboxylic acids is 1. The van der Waals surface area contributed by atoms with Crippen LogP contribution in [-0.2, 0) is 0 Å². The molecule has 4 rings (SSSR count). The molecule has 1 saturated heterocycles. The summed E-state index contributed by atoms with van der Waals surface area (Å²) in [5.41, 5.74) is 1.47. The number of aromatic nitrogens is 3. The summed E-state index contributed by atoms with van der Waals surface area (Å²) in [4.78, 5) is 22.5. The minimum Gasteiger partial charge on any atom is -0.493 e. The summed E-state index contributed by atoms with van der Waals surface area (Å²) in [6.45, 7) is 1.02. The lowest BCUT2D eigenvalue weighted by Crippen LogP contribution is -2.50. The summed E-state index contributed by atoms with van der Waals surface area (Å²) in [7, 11) is 3.11. The van der Waals surface area contributed by atoms with Crippen LogP contribution in [0.1, 0.15) is 11.8 Å². The van der Waals surface area contributed by atoms with Crippen molar-refractivity contribution < 1.29 is 18.8 Å². The molecule has 0 atom stereocenters. The lowest BCUT2D eigenvalue weighted by atomic mass is 10.0. The maximum Gasteiger partial charge on any atom is 0.321 e. The summed E-state index contributed by atoms with van der Waals surface area (Å²) >= 11 is 0. The maximum absolute atomic E-state index is 12.4. The van der Waals surface area contributed by atoms with E-state index >= 15 is 0 Å². The minimum absolute atomic E-state index is 0.0271. The minimum atomic E-state index is -0.197. The Morgan fingerprint density at radius 2 is 1.89 bits per heavy atom. The van der Waals surface area contributed by atoms with Crippen molar-refractivity contribution in [2.24, 2.45) is 0 Å². The fraction of sp³-hybridized carbons (Fsp3) is 0.263. The third kappa shape index (κ3) is 3.46. The Balaban J connectivity index is 1.35. The van der Waals surface area contributed by atoms with Crippen LogP contribution in [0.5, 0.6) is 11.5 Å². The predicted octanol–water partition coefficient (Wildman–Crippen LogP) is 2.78. The largest absolute Gasteiger partial charge is 0.493 e. The molecule has 2 amide bonds. The van der Waals surface area contributed by atoms with Gasteiger partial charge in [0.25, 0.3) is 0 Å². The molecule has 1 fully saturated rings. The second-order valence-electron chi connectivity index (χ2n) is 6.29. The molecule has 1 aromatic carbocycles. The first-order chi connectivity index (χ1) is 13.7. The number of benzene rings is 1. The van der Waals surface area contributed by atoms with Crippen LogP contribution in [0.25, 0.3) is 11.4 Å². The smallest absolute Gasteiger partial charge is 0.321 e. The Kier molecular flexibility index (Phi) is 4.79. The second kappa shape index (κ2) is 7.55. The zero-order chi connectivity index (χ0) is 19.5. The molecule has 9 nitrogen and oxygen atoms in total. The predicted molar refractivity (Wildman–Crippen MR) is 100 cm³/mol. The van der Waals surface area contributed by atoms with Crippen LogP contribution in [0.4, 0.5) is 10.5 Å². The number of hydrogen-bond acceptors (Lipinski definition) is 7. The first kappa shape index (κ1) is 17.8. The van der Waals surface area contributed by atoms with Gasteiger partial charge in [0.1, 0.15) is 0 Å². The maximum atomic E-state index is 12.4. The molecule has 0 bridgehead atoms. The molecule has 144 valence electrons. The number of rotatable bonds is 5. The molecule has 28 heavy (non-hydrogen) atoms. The van der Waals surface area contributed by atoms with E-state index in [0.29, 0.717) is 42.0 Å². The van der Waals surface area contributed by atoms with Crippen molar-refractivity contribution >= 4 is 11.7 Å². The van der Waals surface area contributed by atoms with Gasteiger partial charge in [-0.1, -0.05) is 5.16 Å². The van der Waals surface area contributed by atoms with Crippen molar-refractivity contribution in [1.82, 2.24) is 20.0 Å². The second-order valence-corrected chi connectivity index (χ2v) is 6.29. The van der Waals surface area contributed by atoms with E-state index in [4.69, 9.17) is 14.0 Å². The SMILES string of the molecule is COc1ccc(NC(=O)N2CC(c3nc(-c4ccncc4)no3)C2)cc1OC. The zero-order valence-electron chi connectivity index (χ0n) is 15.5. The van der Waals surface area contributed by atoms with Crippen LogP contribution in [0.15, 0.2) is 47.2 Å². The van der Waals surface area contributed by atoms with Gasteiger partial charge in [0, 0.05) is 42.8 Å². The number of nitrogens with zero attached hydrogens (tertiary/aromatic N) is 4. The molecule has 0 spiro atoms. The standard InChI is InChI=1S/C19H19N5O4/c1-26-15-4-3-14(9-16(15)27-2)21-19(25)24-10-13(11-24)18-22-17(23-28-18)12-5-7-20-8-6-12/h3-9,13H,10-11H2,1-2H3,(H,21,25). The zero-order valence-corrected chi connectivity index (χ0v) is 15.5. The lowest BCUT2D eigenvalue weighted by molar-refractivity contribution is 0.147. The molecular formula is C19H19N5O4. The Morgan fingerprint density at radius 1 is 1.14 bits per heavy atom. The van der Waals surface area contributed by atoms with Gasteiger partial charge in [0.05, 0.1) is 20.1 Å². The van der Waals surface area contributed by atoms with Gasteiger partial charge in [-0.25, -0.2) is 4.79 Å². The van der Waals surface area contributed by atoms with Gasteiger partial charge >= 0.3 is 6.03 Å². The van der Waals surface area contributed by atoms with E-state index in [9.17, 15) is 4.79 Å². The molecule has 0 saturated carbocycles. The lowest BCUT2D eigenvalue weighted by Gasteiger charge is -2.36. The quantitative estimate of drug-likeness (QED) is 0.725. The number of amides is 2. The fourth-order valence-corrected chi connectivity index (χ4v) is 2.94. The Morgan fingerprint density at radius 3 is 2.61 bits per heavy atom. The summed E-state index contributed by atoms with van der Waals surface area (Å²) in [5.74, 6) is 2.23. The van der Waals surface area contributed by atoms with Crippen LogP contribution >= 0.6 is 0 Å². The molecule has 2 aromatic heterocycles. The third-order valence-corrected chi connectivity index (χ3v) is 4.53. The first-order valence-electron chi connectivity index (χ1n) is 8.70. The molecule has 3 aromatic rings. The van der Waals surface area contributed by atoms with E-state index in [2.05, 4.69) is 20.4 Å². The molecule has 0 radical (unpaired) electrons. The van der Waals surface area contributed by atoms with Crippen molar-refractivity contribution in [2.75, 3.05) is 32.6 Å². The van der Waals surface area contributed by atoms with Crippen molar-refractivity contribution in [3.05, 3.63) is 48.6 Å². The summed E-state index contributed by atoms with van der Waals surface area (Å²) < 4.78 is 15.8. The van der Waals surface area contributed by atoms with Gasteiger partial charge in [-0.05, 0) is 24.3 Å². The van der Waals surface area contributed by atoms with Gasteiger partial charge in [-0.15, -0.1) is 0 Å². The normalized spacial score (nSPS) is 13.7. The van der Waals surface area contributed by atoms with Crippen molar-refractivity contribution in [1.29, 1.82) is 0 Å². The van der Waals surface area contributed by atoms with E-state index in [1.54, 1.807) is 49.7 Å². The van der Waals surface area contributed by atoms with Crippen LogP contribution in [0.2, 0.25) is 0 Å². The van der Waals surface area contributed by atoms with E-state index in [-0.39, 0.29) is 11.9 Å². The van der Waals surface area contributed by atoms with E-state index in [1.807, 2.05) is 12.1 Å². The van der Waals surface area contributed by atoms with Crippen LogP contribution < -0.4 is 14.8 Å². The number of methoxy groups -OCH3 is 2. The molecular weight excluding hydrogens is 362 g/mol. The number of carbonyl (C=O) groups is 1. The van der Waals surface area contributed by atoms with Crippen molar-refractivity contribution in [2.45, 2.75) is 5.92 Å². The average molecular weight is 381 g/mol. The van der Waals surface area contributed by atoms with Gasteiger partial charge in [-0.3, -0.25) is 4.98 Å². The van der Waals surface area contributed by atoms with Gasteiger partial charge in [-0.2, -0.15) is 4.98 Å². The Bertz CT molecular complexity index is 969. The average Bonchev–Trinajstić information content (AvgIpc) is 3.17. The topological polar surface area (TPSA) is 103 Å². The first-order valence-corrected chi connectivity index (χ1v) is 8.70. The number of hydrogen-bond donors (Lipinski definition) is 1. The highest BCUT2D eigenvalue weighted by atomic mass is 16.5.